The smallest absolute Gasteiger partial charge is 0.308 e. The van der Waals surface area contributed by atoms with Crippen LogP contribution in [0.15, 0.2) is 18.6 Å². The maximum atomic E-state index is 11.6. The molecule has 2 heterocycles. The first-order valence-corrected chi connectivity index (χ1v) is 6.63. The molecule has 2 aromatic rings. The summed E-state index contributed by atoms with van der Waals surface area (Å²) in [6.45, 7) is 0. The van der Waals surface area contributed by atoms with Crippen LogP contribution in [-0.4, -0.2) is 27.4 Å². The van der Waals surface area contributed by atoms with Gasteiger partial charge in [-0.2, -0.15) is 0 Å². The molecular formula is C13H14ClN3O2. The van der Waals surface area contributed by atoms with Crippen molar-refractivity contribution < 1.29 is 9.53 Å². The van der Waals surface area contributed by atoms with Crippen molar-refractivity contribution >= 4 is 23.1 Å². The van der Waals surface area contributed by atoms with Gasteiger partial charge in [0, 0.05) is 18.3 Å². The summed E-state index contributed by atoms with van der Waals surface area (Å²) in [5, 5.41) is 0.448. The zero-order valence-corrected chi connectivity index (χ0v) is 11.3. The van der Waals surface area contributed by atoms with Crippen LogP contribution in [-0.2, 0) is 9.53 Å². The van der Waals surface area contributed by atoms with Crippen LogP contribution in [0.4, 0.5) is 0 Å². The summed E-state index contributed by atoms with van der Waals surface area (Å²) in [5.41, 5.74) is 0.806. The normalized spacial score (nSPS) is 22.8. The Bertz CT molecular complexity index is 625. The molecule has 3 rings (SSSR count). The molecule has 1 aliphatic rings. The number of fused-ring (bicyclic) bond motifs is 1. The molecule has 0 N–H and O–H groups in total. The second kappa shape index (κ2) is 4.81. The number of halogens is 1. The second-order valence-electron chi connectivity index (χ2n) is 4.82. The van der Waals surface area contributed by atoms with Crippen molar-refractivity contribution in [2.45, 2.75) is 25.2 Å². The largest absolute Gasteiger partial charge is 0.469 e. The maximum Gasteiger partial charge on any atom is 0.308 e. The number of ether oxygens (including phenoxy) is 1. The highest BCUT2D eigenvalue weighted by molar-refractivity contribution is 6.32. The van der Waals surface area contributed by atoms with Crippen molar-refractivity contribution in [3.8, 4) is 0 Å². The molecule has 1 saturated carbocycles. The number of esters is 1. The van der Waals surface area contributed by atoms with Crippen LogP contribution in [0, 0.1) is 5.92 Å². The number of hydrogen-bond acceptors (Lipinski definition) is 4. The molecule has 1 fully saturated rings. The van der Waals surface area contributed by atoms with E-state index in [1.807, 2.05) is 10.6 Å². The van der Waals surface area contributed by atoms with Gasteiger partial charge in [0.25, 0.3) is 0 Å². The van der Waals surface area contributed by atoms with E-state index in [0.717, 1.165) is 30.6 Å². The first-order chi connectivity index (χ1) is 9.20. The minimum absolute atomic E-state index is 0.0142. The topological polar surface area (TPSA) is 56.5 Å². The van der Waals surface area contributed by atoms with Crippen LogP contribution < -0.4 is 0 Å². The fourth-order valence-corrected chi connectivity index (χ4v) is 3.01. The van der Waals surface area contributed by atoms with E-state index in [1.165, 1.54) is 7.11 Å². The fraction of sp³-hybridized carbons (Fsp3) is 0.462. The molecule has 0 spiro atoms. The Morgan fingerprint density at radius 2 is 2.32 bits per heavy atom. The van der Waals surface area contributed by atoms with Gasteiger partial charge in [-0.15, -0.1) is 0 Å². The Kier molecular flexibility index (Phi) is 3.14. The zero-order valence-electron chi connectivity index (χ0n) is 10.5. The van der Waals surface area contributed by atoms with Gasteiger partial charge in [-0.1, -0.05) is 11.6 Å². The molecule has 2 atom stereocenters. The number of hydrogen-bond donors (Lipinski definition) is 0. The van der Waals surface area contributed by atoms with Crippen molar-refractivity contribution in [1.82, 2.24) is 14.4 Å². The van der Waals surface area contributed by atoms with Crippen molar-refractivity contribution in [3.63, 3.8) is 0 Å². The summed E-state index contributed by atoms with van der Waals surface area (Å²) in [5.74, 6) is 1.08. The average Bonchev–Trinajstić information content (AvgIpc) is 3.04. The highest BCUT2D eigenvalue weighted by atomic mass is 35.5. The SMILES string of the molecule is COC(=O)[C@@H]1CC[C@H](c2ncc3c(Cl)nccn23)C1. The molecule has 0 amide bonds. The molecule has 0 unspecified atom stereocenters. The molecule has 0 aromatic carbocycles. The lowest BCUT2D eigenvalue weighted by molar-refractivity contribution is -0.145. The van der Waals surface area contributed by atoms with Crippen LogP contribution >= 0.6 is 11.6 Å². The third-order valence-corrected chi connectivity index (χ3v) is 4.06. The number of methoxy groups -OCH3 is 1. The molecule has 6 heteroatoms. The Morgan fingerprint density at radius 3 is 3.11 bits per heavy atom. The first kappa shape index (κ1) is 12.4. The van der Waals surface area contributed by atoms with Gasteiger partial charge in [0.2, 0.25) is 0 Å². The van der Waals surface area contributed by atoms with Crippen molar-refractivity contribution in [2.24, 2.45) is 5.92 Å². The van der Waals surface area contributed by atoms with E-state index in [1.54, 1.807) is 12.4 Å². The highest BCUT2D eigenvalue weighted by Crippen LogP contribution is 2.38. The second-order valence-corrected chi connectivity index (χ2v) is 5.18. The lowest BCUT2D eigenvalue weighted by atomic mass is 10.0. The van der Waals surface area contributed by atoms with Gasteiger partial charge in [-0.05, 0) is 19.3 Å². The summed E-state index contributed by atoms with van der Waals surface area (Å²) in [6.07, 6.45) is 7.83. The van der Waals surface area contributed by atoms with Crippen LogP contribution in [0.2, 0.25) is 5.15 Å². The predicted octanol–water partition coefficient (Wildman–Crippen LogP) is 2.44. The van der Waals surface area contributed by atoms with Crippen LogP contribution in [0.5, 0.6) is 0 Å². The highest BCUT2D eigenvalue weighted by Gasteiger charge is 2.33. The van der Waals surface area contributed by atoms with Gasteiger partial charge in [0.05, 0.1) is 19.2 Å². The Morgan fingerprint density at radius 1 is 1.47 bits per heavy atom. The number of carbonyl (C=O) groups excluding carboxylic acids is 1. The van der Waals surface area contributed by atoms with Gasteiger partial charge in [0.1, 0.15) is 11.3 Å². The minimum atomic E-state index is -0.122. The summed E-state index contributed by atoms with van der Waals surface area (Å²) in [7, 11) is 1.44. The fourth-order valence-electron chi connectivity index (χ4n) is 2.81. The minimum Gasteiger partial charge on any atom is -0.469 e. The summed E-state index contributed by atoms with van der Waals surface area (Å²) >= 11 is 6.03. The van der Waals surface area contributed by atoms with Gasteiger partial charge in [-0.3, -0.25) is 9.20 Å². The molecule has 19 heavy (non-hydrogen) atoms. The maximum absolute atomic E-state index is 11.6. The summed E-state index contributed by atoms with van der Waals surface area (Å²) < 4.78 is 6.77. The molecule has 5 nitrogen and oxygen atoms in total. The van der Waals surface area contributed by atoms with Crippen LogP contribution in [0.25, 0.3) is 5.52 Å². The zero-order chi connectivity index (χ0) is 13.4. The number of nitrogens with zero attached hydrogens (tertiary/aromatic N) is 3. The standard InChI is InChI=1S/C13H14ClN3O2/c1-19-13(18)9-3-2-8(6-9)12-16-7-10-11(14)15-4-5-17(10)12/h4-5,7-9H,2-3,6H2,1H3/t8-,9+/m0/s1. The molecule has 0 saturated heterocycles. The lowest BCUT2D eigenvalue weighted by Gasteiger charge is -2.09. The molecule has 2 aromatic heterocycles. The van der Waals surface area contributed by atoms with E-state index in [2.05, 4.69) is 9.97 Å². The predicted molar refractivity (Wildman–Crippen MR) is 70.1 cm³/mol. The van der Waals surface area contributed by atoms with Gasteiger partial charge >= 0.3 is 5.97 Å². The van der Waals surface area contributed by atoms with E-state index in [-0.39, 0.29) is 17.8 Å². The van der Waals surface area contributed by atoms with E-state index in [0.29, 0.717) is 5.15 Å². The summed E-state index contributed by atoms with van der Waals surface area (Å²) in [6, 6.07) is 0. The van der Waals surface area contributed by atoms with Gasteiger partial charge < -0.3 is 4.74 Å². The van der Waals surface area contributed by atoms with Crippen molar-refractivity contribution in [3.05, 3.63) is 29.6 Å². The van der Waals surface area contributed by atoms with Crippen molar-refractivity contribution in [2.75, 3.05) is 7.11 Å². The van der Waals surface area contributed by atoms with E-state index >= 15 is 0 Å². The van der Waals surface area contributed by atoms with Crippen molar-refractivity contribution in [1.29, 1.82) is 0 Å². The van der Waals surface area contributed by atoms with E-state index < -0.39 is 0 Å². The van der Waals surface area contributed by atoms with Gasteiger partial charge in [-0.25, -0.2) is 9.97 Å². The van der Waals surface area contributed by atoms with Gasteiger partial charge in [0.15, 0.2) is 5.15 Å². The number of imidazole rings is 1. The molecular weight excluding hydrogens is 266 g/mol. The quantitative estimate of drug-likeness (QED) is 0.792. The van der Waals surface area contributed by atoms with Crippen LogP contribution in [0.3, 0.4) is 0 Å². The van der Waals surface area contributed by atoms with E-state index in [4.69, 9.17) is 16.3 Å². The third-order valence-electron chi connectivity index (χ3n) is 3.77. The molecule has 0 aliphatic heterocycles. The average molecular weight is 280 g/mol. The summed E-state index contributed by atoms with van der Waals surface area (Å²) in [4.78, 5) is 20.0. The molecule has 0 radical (unpaired) electrons. The Hall–Kier alpha value is -1.62. The third kappa shape index (κ3) is 2.08. The molecule has 0 bridgehead atoms. The monoisotopic (exact) mass is 279 g/mol. The molecule has 1 aliphatic carbocycles. The number of carbonyl (C=O) groups is 1. The lowest BCUT2D eigenvalue weighted by Crippen LogP contribution is -2.13. The van der Waals surface area contributed by atoms with E-state index in [9.17, 15) is 4.79 Å². The molecule has 100 valence electrons. The first-order valence-electron chi connectivity index (χ1n) is 6.26. The number of rotatable bonds is 2. The Labute approximate surface area is 115 Å². The number of aromatic nitrogens is 3. The van der Waals surface area contributed by atoms with Crippen LogP contribution in [0.1, 0.15) is 31.0 Å². The Balaban J connectivity index is 1.90.